The molecule has 3 heterocycles. The number of amides is 1. The molecular weight excluding hydrogens is 320 g/mol. The number of anilines is 1. The maximum atomic E-state index is 13.7. The van der Waals surface area contributed by atoms with Crippen LogP contribution in [-0.4, -0.2) is 39.1 Å². The number of ether oxygens (including phenoxy) is 1. The summed E-state index contributed by atoms with van der Waals surface area (Å²) in [6.07, 6.45) is 5.66. The normalized spacial score (nSPS) is 36.5. The summed E-state index contributed by atoms with van der Waals surface area (Å²) in [5.41, 5.74) is 5.20. The van der Waals surface area contributed by atoms with Gasteiger partial charge in [0.1, 0.15) is 0 Å². The first-order valence-electron chi connectivity index (χ1n) is 9.08. The van der Waals surface area contributed by atoms with Crippen LogP contribution in [0.2, 0.25) is 0 Å². The number of nitrogen functional groups attached to an aromatic ring is 1. The SMILES string of the molecule is CC1(C)[C@@]2(C)CC[C@]1(C(=O)N1CCCCC1c1[nH]ncc1N)OC2=O. The van der Waals surface area contributed by atoms with Crippen molar-refractivity contribution < 1.29 is 14.3 Å². The largest absolute Gasteiger partial charge is 0.448 e. The third-order valence-electron chi connectivity index (χ3n) is 7.23. The average Bonchev–Trinajstić information content (AvgIpc) is 3.14. The molecule has 3 N–H and O–H groups in total. The van der Waals surface area contributed by atoms with E-state index in [1.54, 1.807) is 6.20 Å². The Labute approximate surface area is 147 Å². The fraction of sp³-hybridized carbons (Fsp3) is 0.722. The summed E-state index contributed by atoms with van der Waals surface area (Å²) in [6.45, 7) is 6.56. The van der Waals surface area contributed by atoms with Crippen LogP contribution in [0.5, 0.6) is 0 Å². The van der Waals surface area contributed by atoms with Gasteiger partial charge in [-0.3, -0.25) is 14.7 Å². The fourth-order valence-electron chi connectivity index (χ4n) is 5.00. The van der Waals surface area contributed by atoms with Crippen LogP contribution in [0.3, 0.4) is 0 Å². The van der Waals surface area contributed by atoms with Crippen molar-refractivity contribution in [2.75, 3.05) is 12.3 Å². The zero-order valence-electron chi connectivity index (χ0n) is 15.1. The minimum atomic E-state index is -1.07. The van der Waals surface area contributed by atoms with E-state index >= 15 is 0 Å². The van der Waals surface area contributed by atoms with Gasteiger partial charge in [0.2, 0.25) is 0 Å². The van der Waals surface area contributed by atoms with Crippen LogP contribution in [0.25, 0.3) is 0 Å². The number of esters is 1. The molecule has 1 aliphatic carbocycles. The lowest BCUT2D eigenvalue weighted by molar-refractivity contribution is -0.176. The molecule has 2 bridgehead atoms. The highest BCUT2D eigenvalue weighted by molar-refractivity contribution is 5.96. The summed E-state index contributed by atoms with van der Waals surface area (Å²) in [5, 5.41) is 6.96. The number of piperidine rings is 1. The smallest absolute Gasteiger partial charge is 0.313 e. The fourth-order valence-corrected chi connectivity index (χ4v) is 5.00. The average molecular weight is 346 g/mol. The second-order valence-electron chi connectivity index (χ2n) is 8.42. The van der Waals surface area contributed by atoms with E-state index in [1.807, 2.05) is 25.7 Å². The Morgan fingerprint density at radius 2 is 2.12 bits per heavy atom. The first-order valence-corrected chi connectivity index (χ1v) is 9.08. The topological polar surface area (TPSA) is 101 Å². The third-order valence-corrected chi connectivity index (χ3v) is 7.23. The molecule has 3 fully saturated rings. The number of nitrogens with one attached hydrogen (secondary N) is 1. The van der Waals surface area contributed by atoms with Gasteiger partial charge in [0.15, 0.2) is 5.60 Å². The number of aromatic amines is 1. The minimum Gasteiger partial charge on any atom is -0.448 e. The molecule has 136 valence electrons. The van der Waals surface area contributed by atoms with Crippen molar-refractivity contribution in [3.63, 3.8) is 0 Å². The molecule has 1 unspecified atom stereocenters. The molecule has 3 atom stereocenters. The molecule has 0 aromatic carbocycles. The summed E-state index contributed by atoms with van der Waals surface area (Å²) in [7, 11) is 0. The zero-order chi connectivity index (χ0) is 18.0. The van der Waals surface area contributed by atoms with Crippen molar-refractivity contribution in [1.82, 2.24) is 15.1 Å². The zero-order valence-corrected chi connectivity index (χ0v) is 15.1. The second kappa shape index (κ2) is 4.99. The monoisotopic (exact) mass is 346 g/mol. The summed E-state index contributed by atoms with van der Waals surface area (Å²) >= 11 is 0. The van der Waals surface area contributed by atoms with Gasteiger partial charge in [-0.1, -0.05) is 13.8 Å². The highest BCUT2D eigenvalue weighted by atomic mass is 16.6. The molecule has 1 aromatic heterocycles. The number of carbonyl (C=O) groups excluding carboxylic acids is 2. The van der Waals surface area contributed by atoms with Gasteiger partial charge in [-0.15, -0.1) is 0 Å². The van der Waals surface area contributed by atoms with Gasteiger partial charge in [0.05, 0.1) is 29.0 Å². The Bertz CT molecular complexity index is 742. The van der Waals surface area contributed by atoms with Crippen molar-refractivity contribution in [3.8, 4) is 0 Å². The van der Waals surface area contributed by atoms with Crippen molar-refractivity contribution in [2.45, 2.75) is 64.5 Å². The molecule has 1 amide bonds. The highest BCUT2D eigenvalue weighted by Gasteiger charge is 2.76. The highest BCUT2D eigenvalue weighted by Crippen LogP contribution is 2.66. The molecule has 0 radical (unpaired) electrons. The van der Waals surface area contributed by atoms with Crippen molar-refractivity contribution in [2.24, 2.45) is 10.8 Å². The van der Waals surface area contributed by atoms with E-state index in [0.29, 0.717) is 25.1 Å². The van der Waals surface area contributed by atoms with Crippen LogP contribution in [0, 0.1) is 10.8 Å². The molecule has 1 aromatic rings. The number of rotatable bonds is 2. The molecule has 2 saturated heterocycles. The van der Waals surface area contributed by atoms with Crippen LogP contribution in [0.1, 0.15) is 64.6 Å². The van der Waals surface area contributed by atoms with Crippen LogP contribution in [-0.2, 0) is 14.3 Å². The molecule has 4 rings (SSSR count). The van der Waals surface area contributed by atoms with Crippen LogP contribution < -0.4 is 5.73 Å². The van der Waals surface area contributed by atoms with Crippen LogP contribution in [0.15, 0.2) is 6.20 Å². The number of nitrogens with zero attached hydrogens (tertiary/aromatic N) is 2. The van der Waals surface area contributed by atoms with E-state index in [-0.39, 0.29) is 17.9 Å². The third kappa shape index (κ3) is 1.84. The van der Waals surface area contributed by atoms with Crippen LogP contribution in [0.4, 0.5) is 5.69 Å². The molecule has 7 nitrogen and oxygen atoms in total. The number of carbonyl (C=O) groups is 2. The van der Waals surface area contributed by atoms with E-state index in [2.05, 4.69) is 10.2 Å². The number of hydrogen-bond donors (Lipinski definition) is 2. The summed E-state index contributed by atoms with van der Waals surface area (Å²) < 4.78 is 5.79. The Morgan fingerprint density at radius 3 is 2.68 bits per heavy atom. The first-order chi connectivity index (χ1) is 11.7. The van der Waals surface area contributed by atoms with Crippen molar-refractivity contribution >= 4 is 17.6 Å². The summed E-state index contributed by atoms with van der Waals surface area (Å²) in [5.74, 6) is -0.322. The lowest BCUT2D eigenvalue weighted by atomic mass is 9.66. The number of H-pyrrole nitrogens is 1. The van der Waals surface area contributed by atoms with Crippen LogP contribution >= 0.6 is 0 Å². The Kier molecular flexibility index (Phi) is 3.28. The Hall–Kier alpha value is -2.05. The quantitative estimate of drug-likeness (QED) is 0.799. The maximum absolute atomic E-state index is 13.7. The standard InChI is InChI=1S/C18H26N4O3/c1-16(2)17(3)7-8-18(16,25-15(17)24)14(23)22-9-5-4-6-12(22)13-11(19)10-20-21-13/h10,12H,4-9,19H2,1-3H3,(H,20,21)/t12?,17-,18+/m0/s1. The van der Waals surface area contributed by atoms with Gasteiger partial charge in [-0.25, -0.2) is 0 Å². The molecule has 3 aliphatic rings. The Balaban J connectivity index is 1.72. The predicted octanol–water partition coefficient (Wildman–Crippen LogP) is 2.17. The van der Waals surface area contributed by atoms with E-state index in [9.17, 15) is 9.59 Å². The number of fused-ring (bicyclic) bond motifs is 2. The minimum absolute atomic E-state index is 0.0780. The molecule has 25 heavy (non-hydrogen) atoms. The predicted molar refractivity (Wildman–Crippen MR) is 91.3 cm³/mol. The number of hydrogen-bond acceptors (Lipinski definition) is 5. The number of likely N-dealkylation sites (tertiary alicyclic amines) is 1. The van der Waals surface area contributed by atoms with Crippen molar-refractivity contribution in [3.05, 3.63) is 11.9 Å². The van der Waals surface area contributed by atoms with E-state index in [4.69, 9.17) is 10.5 Å². The molecule has 2 aliphatic heterocycles. The lowest BCUT2D eigenvalue weighted by Crippen LogP contribution is -2.56. The molecular formula is C18H26N4O3. The van der Waals surface area contributed by atoms with Gasteiger partial charge in [-0.05, 0) is 39.0 Å². The van der Waals surface area contributed by atoms with E-state index < -0.39 is 16.4 Å². The van der Waals surface area contributed by atoms with Gasteiger partial charge >= 0.3 is 5.97 Å². The van der Waals surface area contributed by atoms with Gasteiger partial charge in [-0.2, -0.15) is 5.10 Å². The van der Waals surface area contributed by atoms with Crippen molar-refractivity contribution in [1.29, 1.82) is 0 Å². The van der Waals surface area contributed by atoms with E-state index in [1.165, 1.54) is 0 Å². The van der Waals surface area contributed by atoms with Gasteiger partial charge in [0, 0.05) is 12.0 Å². The van der Waals surface area contributed by atoms with Gasteiger partial charge < -0.3 is 15.4 Å². The molecule has 1 saturated carbocycles. The van der Waals surface area contributed by atoms with Gasteiger partial charge in [0.25, 0.3) is 5.91 Å². The summed E-state index contributed by atoms with van der Waals surface area (Å²) in [6, 6.07) is -0.139. The maximum Gasteiger partial charge on any atom is 0.313 e. The number of aromatic nitrogens is 2. The molecule has 7 heteroatoms. The number of nitrogens with two attached hydrogens (primary N) is 1. The Morgan fingerprint density at radius 1 is 1.36 bits per heavy atom. The second-order valence-corrected chi connectivity index (χ2v) is 8.42. The summed E-state index contributed by atoms with van der Waals surface area (Å²) in [4.78, 5) is 28.0. The van der Waals surface area contributed by atoms with E-state index in [0.717, 1.165) is 25.0 Å². The first kappa shape index (κ1) is 16.4. The lowest BCUT2D eigenvalue weighted by Gasteiger charge is -2.43. The molecule has 0 spiro atoms.